The van der Waals surface area contributed by atoms with Crippen LogP contribution in [0.1, 0.15) is 29.8 Å². The van der Waals surface area contributed by atoms with E-state index in [0.717, 1.165) is 53.8 Å². The summed E-state index contributed by atoms with van der Waals surface area (Å²) in [4.78, 5) is 23.9. The van der Waals surface area contributed by atoms with E-state index in [4.69, 9.17) is 4.74 Å². The van der Waals surface area contributed by atoms with Gasteiger partial charge >= 0.3 is 0 Å². The fourth-order valence-corrected chi connectivity index (χ4v) is 3.70. The first-order valence-corrected chi connectivity index (χ1v) is 11.4. The van der Waals surface area contributed by atoms with E-state index < -0.39 is 0 Å². The van der Waals surface area contributed by atoms with Crippen LogP contribution in [0.2, 0.25) is 0 Å². The molecule has 1 aliphatic heterocycles. The van der Waals surface area contributed by atoms with E-state index >= 15 is 0 Å². The van der Waals surface area contributed by atoms with Gasteiger partial charge in [-0.15, -0.1) is 0 Å². The number of aryl methyl sites for hydroxylation is 1. The van der Waals surface area contributed by atoms with Gasteiger partial charge in [-0.3, -0.25) is 4.79 Å². The largest absolute Gasteiger partial charge is 0.498 e. The standard InChI is InChI=1S/C26H31N5O2/c1-18(2)16-28-25(32)21-5-4-19(3)23(15-21)20-6-7-24-22(14-20)17-29-26(30-24)27-8-9-31-10-12-33-13-11-31/h4-7,10,12,14-15,17-18H,8-9,11,13,16H2,1-3H3,(H,28,32)(H,27,29,30). The second kappa shape index (κ2) is 10.3. The lowest BCUT2D eigenvalue weighted by atomic mass is 9.97. The number of ether oxygens (including phenoxy) is 1. The van der Waals surface area contributed by atoms with Crippen molar-refractivity contribution in [2.24, 2.45) is 5.92 Å². The Kier molecular flexibility index (Phi) is 7.07. The van der Waals surface area contributed by atoms with Crippen molar-refractivity contribution in [1.82, 2.24) is 20.2 Å². The van der Waals surface area contributed by atoms with Crippen LogP contribution >= 0.6 is 0 Å². The molecule has 1 aliphatic rings. The number of rotatable bonds is 8. The molecule has 0 aliphatic carbocycles. The molecule has 3 aromatic rings. The van der Waals surface area contributed by atoms with Crippen molar-refractivity contribution in [3.05, 3.63) is 66.2 Å². The van der Waals surface area contributed by atoms with Gasteiger partial charge in [0.1, 0.15) is 6.61 Å². The number of hydrogen-bond donors (Lipinski definition) is 2. The van der Waals surface area contributed by atoms with Crippen LogP contribution in [0.25, 0.3) is 22.0 Å². The van der Waals surface area contributed by atoms with Gasteiger partial charge in [-0.05, 0) is 53.8 Å². The van der Waals surface area contributed by atoms with Crippen molar-refractivity contribution in [3.63, 3.8) is 0 Å². The highest BCUT2D eigenvalue weighted by atomic mass is 16.5. The Labute approximate surface area is 194 Å². The highest BCUT2D eigenvalue weighted by molar-refractivity contribution is 5.96. The van der Waals surface area contributed by atoms with Crippen LogP contribution in [0, 0.1) is 12.8 Å². The van der Waals surface area contributed by atoms with Crippen molar-refractivity contribution >= 4 is 22.8 Å². The van der Waals surface area contributed by atoms with E-state index in [1.165, 1.54) is 0 Å². The Morgan fingerprint density at radius 1 is 1.21 bits per heavy atom. The number of amides is 1. The molecule has 2 N–H and O–H groups in total. The molecule has 7 heteroatoms. The maximum Gasteiger partial charge on any atom is 0.251 e. The molecular weight excluding hydrogens is 414 g/mol. The van der Waals surface area contributed by atoms with E-state index in [1.54, 1.807) is 6.26 Å². The number of carbonyl (C=O) groups is 1. The number of anilines is 1. The topological polar surface area (TPSA) is 79.4 Å². The molecule has 7 nitrogen and oxygen atoms in total. The van der Waals surface area contributed by atoms with Gasteiger partial charge in [-0.1, -0.05) is 26.0 Å². The molecule has 1 aromatic heterocycles. The first kappa shape index (κ1) is 22.6. The van der Waals surface area contributed by atoms with Crippen LogP contribution in [-0.2, 0) is 4.74 Å². The summed E-state index contributed by atoms with van der Waals surface area (Å²) in [6.07, 6.45) is 5.53. The Balaban J connectivity index is 1.48. The quantitative estimate of drug-likeness (QED) is 0.541. The number of benzene rings is 2. The molecule has 2 aromatic carbocycles. The van der Waals surface area contributed by atoms with Gasteiger partial charge in [-0.2, -0.15) is 0 Å². The highest BCUT2D eigenvalue weighted by Gasteiger charge is 2.11. The number of nitrogens with one attached hydrogen (secondary N) is 2. The molecule has 4 rings (SSSR count). The fourth-order valence-electron chi connectivity index (χ4n) is 3.70. The zero-order valence-electron chi connectivity index (χ0n) is 19.5. The minimum absolute atomic E-state index is 0.0441. The van der Waals surface area contributed by atoms with E-state index in [2.05, 4.69) is 58.4 Å². The van der Waals surface area contributed by atoms with Gasteiger partial charge in [0.2, 0.25) is 5.95 Å². The number of fused-ring (bicyclic) bond motifs is 1. The molecule has 2 heterocycles. The SMILES string of the molecule is Cc1ccc(C(=O)NCC(C)C)cc1-c1ccc2nc(NCCN3C=COCC3)ncc2c1. The number of hydrogen-bond acceptors (Lipinski definition) is 6. The van der Waals surface area contributed by atoms with E-state index in [-0.39, 0.29) is 5.91 Å². The zero-order valence-corrected chi connectivity index (χ0v) is 19.5. The molecule has 1 amide bonds. The lowest BCUT2D eigenvalue weighted by Crippen LogP contribution is -2.29. The van der Waals surface area contributed by atoms with Crippen molar-refractivity contribution in [2.45, 2.75) is 20.8 Å². The summed E-state index contributed by atoms with van der Waals surface area (Å²) in [7, 11) is 0. The minimum Gasteiger partial charge on any atom is -0.498 e. The van der Waals surface area contributed by atoms with E-state index in [1.807, 2.05) is 36.7 Å². The smallest absolute Gasteiger partial charge is 0.251 e. The monoisotopic (exact) mass is 445 g/mol. The third-order valence-corrected chi connectivity index (χ3v) is 5.61. The summed E-state index contributed by atoms with van der Waals surface area (Å²) in [5.41, 5.74) is 4.75. The fraction of sp³-hybridized carbons (Fsp3) is 0.346. The van der Waals surface area contributed by atoms with E-state index in [9.17, 15) is 4.79 Å². The molecule has 33 heavy (non-hydrogen) atoms. The summed E-state index contributed by atoms with van der Waals surface area (Å²) >= 11 is 0. The summed E-state index contributed by atoms with van der Waals surface area (Å²) in [6.45, 7) is 10.1. The van der Waals surface area contributed by atoms with Gasteiger partial charge < -0.3 is 20.3 Å². The molecular formula is C26H31N5O2. The summed E-state index contributed by atoms with van der Waals surface area (Å²) in [5, 5.41) is 7.25. The Bertz CT molecular complexity index is 1160. The maximum atomic E-state index is 12.5. The number of carbonyl (C=O) groups excluding carboxylic acids is 1. The third kappa shape index (κ3) is 5.80. The highest BCUT2D eigenvalue weighted by Crippen LogP contribution is 2.27. The van der Waals surface area contributed by atoms with Gasteiger partial charge in [0.25, 0.3) is 5.91 Å². The predicted octanol–water partition coefficient (Wildman–Crippen LogP) is 4.21. The lowest BCUT2D eigenvalue weighted by molar-refractivity contribution is 0.0949. The second-order valence-electron chi connectivity index (χ2n) is 8.72. The summed E-state index contributed by atoms with van der Waals surface area (Å²) in [6, 6.07) is 12.0. The normalized spacial score (nSPS) is 13.3. The van der Waals surface area contributed by atoms with Crippen LogP contribution in [0.4, 0.5) is 5.95 Å². The molecule has 0 bridgehead atoms. The molecule has 0 atom stereocenters. The predicted molar refractivity (Wildman–Crippen MR) is 132 cm³/mol. The average molecular weight is 446 g/mol. The number of aromatic nitrogens is 2. The van der Waals surface area contributed by atoms with Crippen LogP contribution in [-0.4, -0.2) is 53.6 Å². The van der Waals surface area contributed by atoms with Gasteiger partial charge in [0.15, 0.2) is 0 Å². The average Bonchev–Trinajstić information content (AvgIpc) is 2.83. The number of nitrogens with zero attached hydrogens (tertiary/aromatic N) is 3. The summed E-state index contributed by atoms with van der Waals surface area (Å²) < 4.78 is 5.21. The van der Waals surface area contributed by atoms with Gasteiger partial charge in [0.05, 0.1) is 18.3 Å². The van der Waals surface area contributed by atoms with Crippen molar-refractivity contribution in [3.8, 4) is 11.1 Å². The Morgan fingerprint density at radius 3 is 2.88 bits per heavy atom. The van der Waals surface area contributed by atoms with Crippen LogP contribution in [0.5, 0.6) is 0 Å². The van der Waals surface area contributed by atoms with Crippen LogP contribution in [0.3, 0.4) is 0 Å². The molecule has 172 valence electrons. The molecule has 0 fully saturated rings. The van der Waals surface area contributed by atoms with Crippen molar-refractivity contribution in [2.75, 3.05) is 38.1 Å². The van der Waals surface area contributed by atoms with Gasteiger partial charge in [0, 0.05) is 43.0 Å². The van der Waals surface area contributed by atoms with Crippen molar-refractivity contribution < 1.29 is 9.53 Å². The molecule has 0 unspecified atom stereocenters. The zero-order chi connectivity index (χ0) is 23.2. The molecule has 0 saturated heterocycles. The molecule has 0 spiro atoms. The maximum absolute atomic E-state index is 12.5. The Morgan fingerprint density at radius 2 is 2.09 bits per heavy atom. The first-order chi connectivity index (χ1) is 16.0. The van der Waals surface area contributed by atoms with Gasteiger partial charge in [-0.25, -0.2) is 9.97 Å². The van der Waals surface area contributed by atoms with Crippen LogP contribution < -0.4 is 10.6 Å². The minimum atomic E-state index is -0.0441. The van der Waals surface area contributed by atoms with E-state index in [0.29, 0.717) is 24.0 Å². The molecule has 0 saturated carbocycles. The Hall–Kier alpha value is -3.61. The first-order valence-electron chi connectivity index (χ1n) is 11.4. The second-order valence-corrected chi connectivity index (χ2v) is 8.72. The molecule has 0 radical (unpaired) electrons. The summed E-state index contributed by atoms with van der Waals surface area (Å²) in [5.74, 6) is 0.986. The van der Waals surface area contributed by atoms with Crippen molar-refractivity contribution in [1.29, 1.82) is 0 Å². The lowest BCUT2D eigenvalue weighted by Gasteiger charge is -2.23. The third-order valence-electron chi connectivity index (χ3n) is 5.61. The van der Waals surface area contributed by atoms with Crippen LogP contribution in [0.15, 0.2) is 55.1 Å².